The minimum Gasteiger partial charge on any atom is -0.378 e. The van der Waals surface area contributed by atoms with Crippen molar-refractivity contribution in [3.63, 3.8) is 0 Å². The average molecular weight is 557 g/mol. The number of anilines is 4. The Kier molecular flexibility index (Phi) is 14.5. The molecule has 1 aliphatic rings. The van der Waals surface area contributed by atoms with Crippen LogP contribution in [0.2, 0.25) is 0 Å². The van der Waals surface area contributed by atoms with E-state index in [1.54, 1.807) is 0 Å². The van der Waals surface area contributed by atoms with Gasteiger partial charge in [0.05, 0.1) is 32.8 Å². The van der Waals surface area contributed by atoms with Gasteiger partial charge in [-0.2, -0.15) is 15.0 Å². The fourth-order valence-electron chi connectivity index (χ4n) is 4.49. The van der Waals surface area contributed by atoms with Crippen LogP contribution in [-0.4, -0.2) is 73.5 Å². The first-order valence-corrected chi connectivity index (χ1v) is 14.8. The predicted octanol–water partition coefficient (Wildman–Crippen LogP) is 3.72. The van der Waals surface area contributed by atoms with Crippen LogP contribution in [0, 0.1) is 11.8 Å². The van der Waals surface area contributed by atoms with Crippen molar-refractivity contribution in [2.45, 2.75) is 58.8 Å². The van der Waals surface area contributed by atoms with Gasteiger partial charge in [-0.25, -0.2) is 0 Å². The van der Waals surface area contributed by atoms with Gasteiger partial charge in [-0.1, -0.05) is 45.2 Å². The number of aromatic nitrogens is 3. The molecule has 1 amide bonds. The van der Waals surface area contributed by atoms with Gasteiger partial charge in [-0.3, -0.25) is 4.79 Å². The van der Waals surface area contributed by atoms with E-state index < -0.39 is 0 Å². The van der Waals surface area contributed by atoms with Crippen molar-refractivity contribution in [1.82, 2.24) is 20.3 Å². The Morgan fingerprint density at radius 2 is 1.57 bits per heavy atom. The van der Waals surface area contributed by atoms with Crippen LogP contribution in [0.4, 0.5) is 23.5 Å². The Balaban J connectivity index is 1.48. The largest absolute Gasteiger partial charge is 0.378 e. The minimum atomic E-state index is -0.0490. The molecule has 0 atom stereocenters. The van der Waals surface area contributed by atoms with Crippen LogP contribution in [0.1, 0.15) is 57.9 Å². The maximum Gasteiger partial charge on any atom is 0.233 e. The molecule has 1 saturated carbocycles. The maximum atomic E-state index is 12.3. The molecule has 0 aliphatic heterocycles. The van der Waals surface area contributed by atoms with Crippen LogP contribution in [0.15, 0.2) is 24.3 Å². The molecule has 0 unspecified atom stereocenters. The molecule has 40 heavy (non-hydrogen) atoms. The lowest BCUT2D eigenvalue weighted by molar-refractivity contribution is -0.120. The second-order valence-corrected chi connectivity index (χ2v) is 10.5. The van der Waals surface area contributed by atoms with Gasteiger partial charge in [0, 0.05) is 31.9 Å². The minimum absolute atomic E-state index is 0.0490. The van der Waals surface area contributed by atoms with E-state index in [-0.39, 0.29) is 5.91 Å². The van der Waals surface area contributed by atoms with Gasteiger partial charge in [-0.05, 0) is 48.8 Å². The Labute approximate surface area is 238 Å². The zero-order valence-electron chi connectivity index (χ0n) is 24.2. The summed E-state index contributed by atoms with van der Waals surface area (Å²) in [4.78, 5) is 26.1. The van der Waals surface area contributed by atoms with Gasteiger partial charge in [0.15, 0.2) is 0 Å². The molecule has 1 aromatic carbocycles. The molecule has 3 rings (SSSR count). The molecule has 1 heterocycles. The standard InChI is InChI=1S/C29H48N8O3/c1-3-4-14-32-27-35-28(33-21-24-7-5-22(2)6-8-24)37-29(36-27)34-25-11-9-23(10-12-25)20-26(38)31-15-17-40-19-18-39-16-13-30/h9-12,22,24H,3-8,13-21,30H2,1-2H3,(H,31,38)(H3,32,33,34,35,36,37). The first-order valence-electron chi connectivity index (χ1n) is 14.8. The molecule has 2 aromatic rings. The number of ether oxygens (including phenoxy) is 2. The second kappa shape index (κ2) is 18.4. The van der Waals surface area contributed by atoms with Crippen LogP contribution in [-0.2, 0) is 20.7 Å². The number of nitrogens with two attached hydrogens (primary N) is 1. The molecule has 0 radical (unpaired) electrons. The molecule has 0 bridgehead atoms. The summed E-state index contributed by atoms with van der Waals surface area (Å²) in [5.41, 5.74) is 7.12. The number of nitrogens with one attached hydrogen (secondary N) is 4. The summed E-state index contributed by atoms with van der Waals surface area (Å²) < 4.78 is 10.7. The number of unbranched alkanes of at least 4 members (excludes halogenated alkanes) is 1. The summed E-state index contributed by atoms with van der Waals surface area (Å²) in [5.74, 6) is 3.05. The summed E-state index contributed by atoms with van der Waals surface area (Å²) >= 11 is 0. The van der Waals surface area contributed by atoms with Gasteiger partial charge in [0.1, 0.15) is 0 Å². The van der Waals surface area contributed by atoms with E-state index in [0.29, 0.717) is 69.7 Å². The van der Waals surface area contributed by atoms with Crippen molar-refractivity contribution in [1.29, 1.82) is 0 Å². The van der Waals surface area contributed by atoms with Crippen LogP contribution in [0.5, 0.6) is 0 Å². The van der Waals surface area contributed by atoms with E-state index in [1.165, 1.54) is 25.7 Å². The number of hydrogen-bond acceptors (Lipinski definition) is 10. The Hall–Kier alpha value is -3.02. The Bertz CT molecular complexity index is 984. The highest BCUT2D eigenvalue weighted by atomic mass is 16.5. The van der Waals surface area contributed by atoms with Crippen LogP contribution < -0.4 is 27.0 Å². The quantitative estimate of drug-likeness (QED) is 0.162. The maximum absolute atomic E-state index is 12.3. The highest BCUT2D eigenvalue weighted by molar-refractivity contribution is 5.78. The van der Waals surface area contributed by atoms with Crippen LogP contribution >= 0.6 is 0 Å². The number of rotatable bonds is 19. The summed E-state index contributed by atoms with van der Waals surface area (Å²) in [6.45, 7) is 9.10. The fourth-order valence-corrected chi connectivity index (χ4v) is 4.49. The molecular formula is C29H48N8O3. The zero-order valence-corrected chi connectivity index (χ0v) is 24.2. The van der Waals surface area contributed by atoms with Crippen LogP contribution in [0.3, 0.4) is 0 Å². The summed E-state index contributed by atoms with van der Waals surface area (Å²) in [6, 6.07) is 7.71. The number of hydrogen-bond donors (Lipinski definition) is 5. The van der Waals surface area contributed by atoms with Crippen molar-refractivity contribution in [3.8, 4) is 0 Å². The van der Waals surface area contributed by atoms with Crippen LogP contribution in [0.25, 0.3) is 0 Å². The lowest BCUT2D eigenvalue weighted by Crippen LogP contribution is -2.29. The number of benzene rings is 1. The van der Waals surface area contributed by atoms with E-state index in [1.807, 2.05) is 24.3 Å². The van der Waals surface area contributed by atoms with E-state index in [2.05, 4.69) is 50.1 Å². The van der Waals surface area contributed by atoms with E-state index in [9.17, 15) is 4.79 Å². The average Bonchev–Trinajstić information content (AvgIpc) is 2.95. The highest BCUT2D eigenvalue weighted by Gasteiger charge is 2.18. The summed E-state index contributed by atoms with van der Waals surface area (Å²) in [6.07, 6.45) is 7.51. The summed E-state index contributed by atoms with van der Waals surface area (Å²) in [5, 5.41) is 12.9. The number of amides is 1. The molecule has 1 aromatic heterocycles. The molecular weight excluding hydrogens is 508 g/mol. The molecule has 222 valence electrons. The smallest absolute Gasteiger partial charge is 0.233 e. The van der Waals surface area contributed by atoms with Crippen molar-refractivity contribution >= 4 is 29.4 Å². The molecule has 0 spiro atoms. The van der Waals surface area contributed by atoms with E-state index in [4.69, 9.17) is 15.2 Å². The molecule has 11 nitrogen and oxygen atoms in total. The van der Waals surface area contributed by atoms with Gasteiger partial charge >= 0.3 is 0 Å². The van der Waals surface area contributed by atoms with E-state index >= 15 is 0 Å². The van der Waals surface area contributed by atoms with Crippen molar-refractivity contribution in [2.24, 2.45) is 17.6 Å². The van der Waals surface area contributed by atoms with Crippen molar-refractivity contribution < 1.29 is 14.3 Å². The summed E-state index contributed by atoms with van der Waals surface area (Å²) in [7, 11) is 0. The normalized spacial score (nSPS) is 16.9. The van der Waals surface area contributed by atoms with Gasteiger partial charge < -0.3 is 36.5 Å². The zero-order chi connectivity index (χ0) is 28.4. The van der Waals surface area contributed by atoms with Crippen molar-refractivity contribution in [2.75, 3.05) is 68.6 Å². The highest BCUT2D eigenvalue weighted by Crippen LogP contribution is 2.28. The van der Waals surface area contributed by atoms with Gasteiger partial charge in [0.2, 0.25) is 23.8 Å². The number of nitrogens with zero attached hydrogens (tertiary/aromatic N) is 3. The first-order chi connectivity index (χ1) is 19.6. The van der Waals surface area contributed by atoms with Gasteiger partial charge in [-0.15, -0.1) is 0 Å². The topological polar surface area (TPSA) is 148 Å². The molecule has 0 saturated heterocycles. The third-order valence-electron chi connectivity index (χ3n) is 6.91. The lowest BCUT2D eigenvalue weighted by Gasteiger charge is -2.26. The molecule has 11 heteroatoms. The third-order valence-corrected chi connectivity index (χ3v) is 6.91. The third kappa shape index (κ3) is 12.4. The first kappa shape index (κ1) is 31.5. The predicted molar refractivity (Wildman–Crippen MR) is 160 cm³/mol. The fraction of sp³-hybridized carbons (Fsp3) is 0.655. The Morgan fingerprint density at radius 1 is 0.900 bits per heavy atom. The molecule has 6 N–H and O–H groups in total. The second-order valence-electron chi connectivity index (χ2n) is 10.5. The monoisotopic (exact) mass is 556 g/mol. The lowest BCUT2D eigenvalue weighted by atomic mass is 9.83. The molecule has 1 aliphatic carbocycles. The van der Waals surface area contributed by atoms with Gasteiger partial charge in [0.25, 0.3) is 0 Å². The SMILES string of the molecule is CCCCNc1nc(NCC2CCC(C)CC2)nc(Nc2ccc(CC(=O)NCCOCCOCCN)cc2)n1. The molecule has 1 fully saturated rings. The van der Waals surface area contributed by atoms with E-state index in [0.717, 1.165) is 43.1 Å². The number of carbonyl (C=O) groups is 1. The number of carbonyl (C=O) groups excluding carboxylic acids is 1. The van der Waals surface area contributed by atoms with Crippen molar-refractivity contribution in [3.05, 3.63) is 29.8 Å². The Morgan fingerprint density at radius 3 is 2.27 bits per heavy atom.